The van der Waals surface area contributed by atoms with Gasteiger partial charge in [0.15, 0.2) is 6.29 Å². The largest absolute Gasteiger partial charge is 0.291 e. The Kier molecular flexibility index (Phi) is 7.09. The van der Waals surface area contributed by atoms with Gasteiger partial charge in [-0.05, 0) is 32.1 Å². The van der Waals surface area contributed by atoms with Crippen molar-refractivity contribution in [1.82, 2.24) is 0 Å². The van der Waals surface area contributed by atoms with E-state index in [2.05, 4.69) is 39.0 Å². The fraction of sp³-hybridized carbons (Fsp3) is 0.615. The summed E-state index contributed by atoms with van der Waals surface area (Å²) in [6.45, 7) is 8.42. The first kappa shape index (κ1) is 13.2. The molecule has 0 amide bonds. The summed E-state index contributed by atoms with van der Waals surface area (Å²) in [7, 11) is 0. The summed E-state index contributed by atoms with van der Waals surface area (Å²) in [6.07, 6.45) is 9.99. The third-order valence-corrected chi connectivity index (χ3v) is 2.14. The maximum atomic E-state index is 10.2. The van der Waals surface area contributed by atoms with Crippen LogP contribution in [0.2, 0.25) is 0 Å². The minimum atomic E-state index is 0.324. The van der Waals surface area contributed by atoms with Crippen molar-refractivity contribution < 1.29 is 4.79 Å². The number of allylic oxidation sites excluding steroid dienone is 4. The molecule has 0 aliphatic carbocycles. The Balaban J connectivity index is 4.04. The molecule has 0 spiro atoms. The van der Waals surface area contributed by atoms with E-state index >= 15 is 0 Å². The third kappa shape index (κ3) is 6.64. The zero-order chi connectivity index (χ0) is 11.0. The Morgan fingerprint density at radius 2 is 2.00 bits per heavy atom. The molecule has 0 aliphatic rings. The van der Waals surface area contributed by atoms with Crippen LogP contribution in [0, 0.1) is 11.8 Å². The van der Waals surface area contributed by atoms with E-state index in [1.807, 2.05) is 13.2 Å². The molecule has 0 N–H and O–H groups in total. The molecular formula is C13H21O. The quantitative estimate of drug-likeness (QED) is 0.588. The molecule has 1 heteroatoms. The van der Waals surface area contributed by atoms with Gasteiger partial charge in [0.05, 0.1) is 0 Å². The van der Waals surface area contributed by atoms with Crippen molar-refractivity contribution in [1.29, 1.82) is 0 Å². The summed E-state index contributed by atoms with van der Waals surface area (Å²) in [5.74, 6) is 0.911. The summed E-state index contributed by atoms with van der Waals surface area (Å²) >= 11 is 0. The van der Waals surface area contributed by atoms with Gasteiger partial charge in [0.1, 0.15) is 0 Å². The van der Waals surface area contributed by atoms with E-state index in [1.165, 1.54) is 5.57 Å². The molecule has 0 bridgehead atoms. The van der Waals surface area contributed by atoms with Gasteiger partial charge in [-0.25, -0.2) is 0 Å². The monoisotopic (exact) mass is 193 g/mol. The normalized spacial score (nSPS) is 17.0. The second-order valence-corrected chi connectivity index (χ2v) is 4.05. The third-order valence-electron chi connectivity index (χ3n) is 2.14. The molecule has 0 rings (SSSR count). The van der Waals surface area contributed by atoms with Crippen molar-refractivity contribution in [2.45, 2.75) is 40.5 Å². The number of hydrogen-bond donors (Lipinski definition) is 0. The average molecular weight is 193 g/mol. The molecule has 14 heavy (non-hydrogen) atoms. The lowest BCUT2D eigenvalue weighted by atomic mass is 9.97. The van der Waals surface area contributed by atoms with E-state index < -0.39 is 0 Å². The van der Waals surface area contributed by atoms with Gasteiger partial charge in [0, 0.05) is 6.42 Å². The van der Waals surface area contributed by atoms with E-state index in [9.17, 15) is 4.79 Å². The Bertz CT molecular complexity index is 213. The highest BCUT2D eigenvalue weighted by Crippen LogP contribution is 2.15. The van der Waals surface area contributed by atoms with E-state index in [4.69, 9.17) is 0 Å². The van der Waals surface area contributed by atoms with E-state index in [1.54, 1.807) is 0 Å². The summed E-state index contributed by atoms with van der Waals surface area (Å²) in [6, 6.07) is 0. The van der Waals surface area contributed by atoms with E-state index in [0.717, 1.165) is 6.42 Å². The molecule has 2 atom stereocenters. The first-order chi connectivity index (χ1) is 6.60. The molecule has 79 valence electrons. The first-order valence-corrected chi connectivity index (χ1v) is 5.25. The predicted molar refractivity (Wildman–Crippen MR) is 61.8 cm³/mol. The van der Waals surface area contributed by atoms with E-state index in [-0.39, 0.29) is 0 Å². The molecular weight excluding hydrogens is 172 g/mol. The molecule has 1 radical (unpaired) electrons. The van der Waals surface area contributed by atoms with Gasteiger partial charge in [-0.15, -0.1) is 0 Å². The average Bonchev–Trinajstić information content (AvgIpc) is 2.03. The molecule has 0 aromatic heterocycles. The zero-order valence-electron chi connectivity index (χ0n) is 9.71. The Morgan fingerprint density at radius 1 is 1.36 bits per heavy atom. The summed E-state index contributed by atoms with van der Waals surface area (Å²) < 4.78 is 0. The Hall–Kier alpha value is -0.850. The highest BCUT2D eigenvalue weighted by molar-refractivity contribution is 5.51. The second-order valence-electron chi connectivity index (χ2n) is 4.05. The highest BCUT2D eigenvalue weighted by atomic mass is 16.1. The summed E-state index contributed by atoms with van der Waals surface area (Å²) in [4.78, 5) is 10.2. The number of carbonyl (C=O) groups excluding carboxylic acids is 1. The Morgan fingerprint density at radius 3 is 2.50 bits per heavy atom. The van der Waals surface area contributed by atoms with Gasteiger partial charge in [0.2, 0.25) is 0 Å². The molecule has 2 unspecified atom stereocenters. The van der Waals surface area contributed by atoms with Crippen LogP contribution < -0.4 is 0 Å². The minimum absolute atomic E-state index is 0.324. The standard InChI is InChI=1S/C13H21O/c1-5-6-11(2)9-13(4)10-12(3)7-8-14/h5-6,10-12H,7,9H2,1-4H3. The highest BCUT2D eigenvalue weighted by Gasteiger charge is 2.01. The van der Waals surface area contributed by atoms with Gasteiger partial charge < -0.3 is 0 Å². The fourth-order valence-electron chi connectivity index (χ4n) is 1.65. The van der Waals surface area contributed by atoms with Crippen LogP contribution in [-0.2, 0) is 4.79 Å². The lowest BCUT2D eigenvalue weighted by Crippen LogP contribution is -1.95. The molecule has 0 heterocycles. The van der Waals surface area contributed by atoms with Crippen molar-refractivity contribution in [2.24, 2.45) is 11.8 Å². The molecule has 0 saturated heterocycles. The van der Waals surface area contributed by atoms with Crippen LogP contribution in [0.25, 0.3) is 0 Å². The molecule has 0 fully saturated rings. The summed E-state index contributed by atoms with van der Waals surface area (Å²) in [5.41, 5.74) is 1.36. The minimum Gasteiger partial charge on any atom is -0.291 e. The van der Waals surface area contributed by atoms with Crippen molar-refractivity contribution in [3.8, 4) is 0 Å². The van der Waals surface area contributed by atoms with Crippen molar-refractivity contribution in [2.75, 3.05) is 0 Å². The van der Waals surface area contributed by atoms with E-state index in [0.29, 0.717) is 18.3 Å². The molecule has 1 nitrogen and oxygen atoms in total. The van der Waals surface area contributed by atoms with Crippen LogP contribution in [0.5, 0.6) is 0 Å². The van der Waals surface area contributed by atoms with Crippen molar-refractivity contribution in [3.05, 3.63) is 23.8 Å². The Labute approximate surface area is 87.9 Å². The van der Waals surface area contributed by atoms with Crippen molar-refractivity contribution in [3.63, 3.8) is 0 Å². The van der Waals surface area contributed by atoms with Crippen LogP contribution >= 0.6 is 0 Å². The molecule has 0 aromatic carbocycles. The first-order valence-electron chi connectivity index (χ1n) is 5.25. The maximum absolute atomic E-state index is 10.2. The number of hydrogen-bond acceptors (Lipinski definition) is 1. The zero-order valence-corrected chi connectivity index (χ0v) is 9.71. The lowest BCUT2D eigenvalue weighted by molar-refractivity contribution is 0.541. The molecule has 0 saturated carbocycles. The smallest absolute Gasteiger partial charge is 0.198 e. The fourth-order valence-corrected chi connectivity index (χ4v) is 1.65. The van der Waals surface area contributed by atoms with Crippen LogP contribution in [0.3, 0.4) is 0 Å². The van der Waals surface area contributed by atoms with Crippen LogP contribution in [0.1, 0.15) is 40.5 Å². The van der Waals surface area contributed by atoms with Crippen LogP contribution in [0.4, 0.5) is 0 Å². The molecule has 0 aliphatic heterocycles. The topological polar surface area (TPSA) is 17.1 Å². The maximum Gasteiger partial charge on any atom is 0.198 e. The number of rotatable bonds is 6. The van der Waals surface area contributed by atoms with Gasteiger partial charge in [0.25, 0.3) is 0 Å². The van der Waals surface area contributed by atoms with Crippen LogP contribution in [-0.4, -0.2) is 6.29 Å². The van der Waals surface area contributed by atoms with Crippen molar-refractivity contribution >= 4 is 6.29 Å². The lowest BCUT2D eigenvalue weighted by Gasteiger charge is -2.08. The van der Waals surface area contributed by atoms with Gasteiger partial charge >= 0.3 is 0 Å². The SMILES string of the molecule is CC=CC(C)CC(C)=CC(C)C[C]=O. The van der Waals surface area contributed by atoms with Gasteiger partial charge in [-0.3, -0.25) is 4.79 Å². The predicted octanol–water partition coefficient (Wildman–Crippen LogP) is 3.67. The van der Waals surface area contributed by atoms with Gasteiger partial charge in [-0.1, -0.05) is 37.6 Å². The van der Waals surface area contributed by atoms with Crippen LogP contribution in [0.15, 0.2) is 23.8 Å². The molecule has 0 aromatic rings. The van der Waals surface area contributed by atoms with Gasteiger partial charge in [-0.2, -0.15) is 0 Å². The summed E-state index contributed by atoms with van der Waals surface area (Å²) in [5, 5.41) is 0. The second kappa shape index (κ2) is 7.54.